The first-order valence-corrected chi connectivity index (χ1v) is 7.63. The lowest BCUT2D eigenvalue weighted by atomic mass is 10.1. The van der Waals surface area contributed by atoms with Crippen molar-refractivity contribution < 1.29 is 9.53 Å². The highest BCUT2D eigenvalue weighted by atomic mass is 35.5. The molecule has 3 heterocycles. The minimum Gasteiger partial charge on any atom is -0.462 e. The average Bonchev–Trinajstić information content (AvgIpc) is 2.80. The van der Waals surface area contributed by atoms with Crippen molar-refractivity contribution in [2.75, 3.05) is 6.61 Å². The molecule has 0 fully saturated rings. The lowest BCUT2D eigenvalue weighted by Gasteiger charge is -2.05. The molecule has 3 aromatic rings. The largest absolute Gasteiger partial charge is 0.462 e. The Morgan fingerprint density at radius 3 is 2.83 bits per heavy atom. The number of hydrogen-bond donors (Lipinski definition) is 1. The summed E-state index contributed by atoms with van der Waals surface area (Å²) in [5, 5.41) is 0.504. The van der Waals surface area contributed by atoms with E-state index < -0.39 is 5.97 Å². The number of alkyl halides is 1. The summed E-state index contributed by atoms with van der Waals surface area (Å²) in [5.74, 6) is -0.0626. The fourth-order valence-electron chi connectivity index (χ4n) is 2.67. The molecule has 1 N–H and O–H groups in total. The number of H-pyrrole nitrogens is 1. The van der Waals surface area contributed by atoms with Gasteiger partial charge in [-0.05, 0) is 19.9 Å². The summed E-state index contributed by atoms with van der Waals surface area (Å²) in [5.41, 5.74) is 1.93. The molecule has 0 unspecified atom stereocenters. The number of rotatable bonds is 3. The number of pyridine rings is 1. The number of fused-ring (bicyclic) bond motifs is 3. The van der Waals surface area contributed by atoms with Crippen molar-refractivity contribution in [1.29, 1.82) is 0 Å². The standard InChI is InChI=1S/C15H15ClN4O3/c1-4-23-15(22)8-5-7(2)17-13-10(8)11-12(20(13)3)14(21)19-9(6-16)18-11/h5H,4,6H2,1-3H3,(H,18,19,21). The topological polar surface area (TPSA) is 89.9 Å². The summed E-state index contributed by atoms with van der Waals surface area (Å²) in [6.07, 6.45) is 0. The monoisotopic (exact) mass is 334 g/mol. The van der Waals surface area contributed by atoms with Crippen molar-refractivity contribution in [3.63, 3.8) is 0 Å². The van der Waals surface area contributed by atoms with Crippen LogP contribution in [-0.4, -0.2) is 32.1 Å². The van der Waals surface area contributed by atoms with Gasteiger partial charge in [0.05, 0.1) is 23.4 Å². The number of nitrogens with one attached hydrogen (secondary N) is 1. The molecule has 0 aromatic carbocycles. The lowest BCUT2D eigenvalue weighted by molar-refractivity contribution is 0.0528. The van der Waals surface area contributed by atoms with Crippen molar-refractivity contribution in [1.82, 2.24) is 19.5 Å². The van der Waals surface area contributed by atoms with Crippen LogP contribution in [0.4, 0.5) is 0 Å². The molecule has 3 aromatic heterocycles. The third-order valence-corrected chi connectivity index (χ3v) is 3.84. The molecule has 0 aliphatic carbocycles. The van der Waals surface area contributed by atoms with Crippen LogP contribution in [0.5, 0.6) is 0 Å². The molecular weight excluding hydrogens is 320 g/mol. The first kappa shape index (κ1) is 15.5. The molecule has 0 saturated carbocycles. The Balaban J connectivity index is 2.52. The number of carbonyl (C=O) groups is 1. The second-order valence-electron chi connectivity index (χ2n) is 5.13. The van der Waals surface area contributed by atoms with E-state index in [0.29, 0.717) is 39.1 Å². The summed E-state index contributed by atoms with van der Waals surface area (Å²) in [7, 11) is 1.71. The Labute approximate surface area is 136 Å². The number of carbonyl (C=O) groups excluding carboxylic acids is 1. The molecule has 0 spiro atoms. The van der Waals surface area contributed by atoms with Gasteiger partial charge in [0.2, 0.25) is 0 Å². The van der Waals surface area contributed by atoms with Gasteiger partial charge in [0.1, 0.15) is 22.5 Å². The SMILES string of the molecule is CCOC(=O)c1cc(C)nc2c1c1nc(CCl)[nH]c(=O)c1n2C. The van der Waals surface area contributed by atoms with Gasteiger partial charge >= 0.3 is 5.97 Å². The number of aromatic amines is 1. The summed E-state index contributed by atoms with van der Waals surface area (Å²) in [6.45, 7) is 3.77. The zero-order valence-electron chi connectivity index (χ0n) is 12.9. The highest BCUT2D eigenvalue weighted by molar-refractivity contribution is 6.17. The zero-order valence-corrected chi connectivity index (χ0v) is 13.7. The number of hydrogen-bond acceptors (Lipinski definition) is 5. The summed E-state index contributed by atoms with van der Waals surface area (Å²) in [6, 6.07) is 1.64. The normalized spacial score (nSPS) is 11.3. The van der Waals surface area contributed by atoms with Gasteiger partial charge in [0.25, 0.3) is 5.56 Å². The van der Waals surface area contributed by atoms with Crippen LogP contribution in [-0.2, 0) is 17.7 Å². The van der Waals surface area contributed by atoms with E-state index in [-0.39, 0.29) is 18.0 Å². The number of aromatic nitrogens is 4. The second kappa shape index (κ2) is 5.66. The number of esters is 1. The molecule has 0 bridgehead atoms. The maximum Gasteiger partial charge on any atom is 0.339 e. The summed E-state index contributed by atoms with van der Waals surface area (Å²) >= 11 is 5.79. The Morgan fingerprint density at radius 2 is 2.17 bits per heavy atom. The molecule has 0 saturated heterocycles. The van der Waals surface area contributed by atoms with Crippen LogP contribution in [0.15, 0.2) is 10.9 Å². The fourth-order valence-corrected chi connectivity index (χ4v) is 2.80. The van der Waals surface area contributed by atoms with Crippen LogP contribution in [0.25, 0.3) is 22.1 Å². The first-order chi connectivity index (χ1) is 11.0. The van der Waals surface area contributed by atoms with E-state index >= 15 is 0 Å². The molecule has 0 atom stereocenters. The second-order valence-corrected chi connectivity index (χ2v) is 5.40. The van der Waals surface area contributed by atoms with Crippen LogP contribution in [0, 0.1) is 6.92 Å². The lowest BCUT2D eigenvalue weighted by Crippen LogP contribution is -2.13. The van der Waals surface area contributed by atoms with Gasteiger partial charge in [-0.15, -0.1) is 11.6 Å². The Bertz CT molecular complexity index is 990. The predicted molar refractivity (Wildman–Crippen MR) is 86.9 cm³/mol. The van der Waals surface area contributed by atoms with Crippen LogP contribution in [0.1, 0.15) is 28.8 Å². The van der Waals surface area contributed by atoms with E-state index in [1.54, 1.807) is 31.5 Å². The van der Waals surface area contributed by atoms with Crippen LogP contribution in [0.3, 0.4) is 0 Å². The maximum atomic E-state index is 12.3. The molecule has 8 heteroatoms. The molecule has 0 aliphatic rings. The van der Waals surface area contributed by atoms with E-state index in [9.17, 15) is 9.59 Å². The minimum atomic E-state index is -0.468. The van der Waals surface area contributed by atoms with Crippen LogP contribution >= 0.6 is 11.6 Å². The van der Waals surface area contributed by atoms with Crippen molar-refractivity contribution in [2.45, 2.75) is 19.7 Å². The van der Waals surface area contributed by atoms with Crippen molar-refractivity contribution >= 4 is 39.6 Å². The summed E-state index contributed by atoms with van der Waals surface area (Å²) in [4.78, 5) is 36.1. The van der Waals surface area contributed by atoms with Gasteiger partial charge in [-0.2, -0.15) is 0 Å². The molecule has 0 aliphatic heterocycles. The fraction of sp³-hybridized carbons (Fsp3) is 0.333. The zero-order chi connectivity index (χ0) is 16.7. The van der Waals surface area contributed by atoms with Crippen LogP contribution < -0.4 is 5.56 Å². The maximum absolute atomic E-state index is 12.3. The van der Waals surface area contributed by atoms with E-state index in [0.717, 1.165) is 0 Å². The molecule has 23 heavy (non-hydrogen) atoms. The number of aryl methyl sites for hydroxylation is 2. The van der Waals surface area contributed by atoms with Gasteiger partial charge in [-0.3, -0.25) is 4.79 Å². The highest BCUT2D eigenvalue weighted by Gasteiger charge is 2.22. The third kappa shape index (κ3) is 2.37. The number of ether oxygens (including phenoxy) is 1. The number of halogens is 1. The molecular formula is C15H15ClN4O3. The molecule has 3 rings (SSSR count). The number of nitrogens with zero attached hydrogens (tertiary/aromatic N) is 3. The van der Waals surface area contributed by atoms with Gasteiger partial charge < -0.3 is 14.3 Å². The minimum absolute atomic E-state index is 0.0651. The van der Waals surface area contributed by atoms with Gasteiger partial charge in [-0.1, -0.05) is 0 Å². The quantitative estimate of drug-likeness (QED) is 0.584. The van der Waals surface area contributed by atoms with Gasteiger partial charge in [0.15, 0.2) is 0 Å². The molecule has 7 nitrogen and oxygen atoms in total. The van der Waals surface area contributed by atoms with E-state index in [4.69, 9.17) is 16.3 Å². The van der Waals surface area contributed by atoms with Gasteiger partial charge in [-0.25, -0.2) is 14.8 Å². The molecule has 120 valence electrons. The average molecular weight is 335 g/mol. The Kier molecular flexibility index (Phi) is 3.81. The summed E-state index contributed by atoms with van der Waals surface area (Å²) < 4.78 is 6.75. The molecule has 0 amide bonds. The van der Waals surface area contributed by atoms with E-state index in [1.807, 2.05) is 0 Å². The van der Waals surface area contributed by atoms with E-state index in [2.05, 4.69) is 15.0 Å². The molecule has 0 radical (unpaired) electrons. The smallest absolute Gasteiger partial charge is 0.339 e. The Morgan fingerprint density at radius 1 is 1.43 bits per heavy atom. The van der Waals surface area contributed by atoms with Gasteiger partial charge in [0, 0.05) is 12.7 Å². The predicted octanol–water partition coefficient (Wildman–Crippen LogP) is 2.03. The first-order valence-electron chi connectivity index (χ1n) is 7.10. The van der Waals surface area contributed by atoms with Crippen molar-refractivity contribution in [3.05, 3.63) is 33.5 Å². The highest BCUT2D eigenvalue weighted by Crippen LogP contribution is 2.28. The third-order valence-electron chi connectivity index (χ3n) is 3.58. The van der Waals surface area contributed by atoms with Crippen molar-refractivity contribution in [2.24, 2.45) is 7.05 Å². The van der Waals surface area contributed by atoms with E-state index in [1.165, 1.54) is 0 Å². The van der Waals surface area contributed by atoms with Crippen LogP contribution in [0.2, 0.25) is 0 Å². The van der Waals surface area contributed by atoms with Crippen molar-refractivity contribution in [3.8, 4) is 0 Å². The Hall–Kier alpha value is -2.41.